The van der Waals surface area contributed by atoms with Crippen molar-refractivity contribution >= 4 is 46.6 Å². The molecule has 0 radical (unpaired) electrons. The molecule has 9 heteroatoms. The van der Waals surface area contributed by atoms with E-state index in [1.54, 1.807) is 30.3 Å². The first-order valence-corrected chi connectivity index (χ1v) is 9.20. The molecule has 0 aromatic heterocycles. The minimum absolute atomic E-state index is 0.0919. The Morgan fingerprint density at radius 3 is 2.48 bits per heavy atom. The average molecular weight is 450 g/mol. The number of hydrogen-bond acceptors (Lipinski definition) is 4. The first kappa shape index (κ1) is 18.0. The number of hydrogen-bond donors (Lipinski definition) is 2. The van der Waals surface area contributed by atoms with E-state index in [0.717, 1.165) is 4.47 Å². The van der Waals surface area contributed by atoms with Crippen LogP contribution in [0.4, 0.5) is 9.18 Å². The molecule has 1 atom stereocenters. The van der Waals surface area contributed by atoms with Gasteiger partial charge in [0, 0.05) is 16.6 Å². The Hall–Kier alpha value is -2.39. The molecule has 1 saturated heterocycles. The van der Waals surface area contributed by atoms with Gasteiger partial charge in [-0.15, -0.1) is 0 Å². The highest BCUT2D eigenvalue weighted by atomic mass is 79.9. The predicted molar refractivity (Wildman–Crippen MR) is 101 cm³/mol. The van der Waals surface area contributed by atoms with Gasteiger partial charge in [-0.3, -0.25) is 9.59 Å². The molecule has 27 heavy (non-hydrogen) atoms. The lowest BCUT2D eigenvalue weighted by Gasteiger charge is -2.31. The van der Waals surface area contributed by atoms with E-state index >= 15 is 0 Å². The molecule has 0 saturated carbocycles. The summed E-state index contributed by atoms with van der Waals surface area (Å²) in [5, 5.41) is 2.67. The van der Waals surface area contributed by atoms with Crippen molar-refractivity contribution in [3.05, 3.63) is 69.4 Å². The Morgan fingerprint density at radius 2 is 1.85 bits per heavy atom. The lowest BCUT2D eigenvalue weighted by atomic mass is 9.89. The van der Waals surface area contributed by atoms with Crippen LogP contribution < -0.4 is 5.32 Å². The summed E-state index contributed by atoms with van der Waals surface area (Å²) < 4.78 is 15.0. The zero-order chi connectivity index (χ0) is 19.3. The molecule has 2 aromatic carbocycles. The van der Waals surface area contributed by atoms with E-state index in [2.05, 4.69) is 34.1 Å². The van der Waals surface area contributed by atoms with Crippen molar-refractivity contribution in [3.63, 3.8) is 0 Å². The van der Waals surface area contributed by atoms with E-state index in [1.807, 2.05) is 0 Å². The van der Waals surface area contributed by atoms with E-state index < -0.39 is 23.3 Å². The van der Waals surface area contributed by atoms with Crippen molar-refractivity contribution in [1.29, 1.82) is 0 Å². The summed E-state index contributed by atoms with van der Waals surface area (Å²) in [5.41, 5.74) is -0.00154. The molecular weight excluding hydrogens is 437 g/mol. The number of carbonyl (C=O) groups excluding carboxylic acids is 3. The Morgan fingerprint density at radius 1 is 1.15 bits per heavy atom. The molecule has 2 aliphatic heterocycles. The van der Waals surface area contributed by atoms with E-state index in [-0.39, 0.29) is 24.6 Å². The second-order valence-electron chi connectivity index (χ2n) is 6.42. The van der Waals surface area contributed by atoms with Crippen LogP contribution in [-0.4, -0.2) is 33.6 Å². The zero-order valence-corrected chi connectivity index (χ0v) is 16.3. The highest BCUT2D eigenvalue weighted by molar-refractivity contribution is 9.10. The minimum atomic E-state index is -1.46. The van der Waals surface area contributed by atoms with Gasteiger partial charge in [0.05, 0.1) is 6.54 Å². The highest BCUT2D eigenvalue weighted by Gasteiger charge is 2.53. The summed E-state index contributed by atoms with van der Waals surface area (Å²) in [7, 11) is 0. The van der Waals surface area contributed by atoms with E-state index in [9.17, 15) is 18.8 Å². The molecule has 2 heterocycles. The molecule has 4 amide bonds. The highest BCUT2D eigenvalue weighted by Crippen LogP contribution is 2.34. The van der Waals surface area contributed by atoms with Gasteiger partial charge in [-0.05, 0) is 35.4 Å². The van der Waals surface area contributed by atoms with Crippen LogP contribution in [0, 0.1) is 5.82 Å². The Labute approximate surface area is 168 Å². The lowest BCUT2D eigenvalue weighted by Crippen LogP contribution is -2.52. The fourth-order valence-electron chi connectivity index (χ4n) is 3.44. The van der Waals surface area contributed by atoms with Gasteiger partial charge in [0.25, 0.3) is 11.8 Å². The third-order valence-electron chi connectivity index (χ3n) is 4.79. The molecule has 0 unspecified atom stereocenters. The SMILES string of the molecule is O=C1c2cc(F)ccc2CN1C[C@@]1(c2ccc(Br)cc2)NC(=O)N(S)C1=O. The number of fused-ring (bicyclic) bond motifs is 1. The summed E-state index contributed by atoms with van der Waals surface area (Å²) >= 11 is 7.29. The second-order valence-corrected chi connectivity index (χ2v) is 7.74. The molecule has 6 nitrogen and oxygen atoms in total. The monoisotopic (exact) mass is 449 g/mol. The number of imide groups is 1. The lowest BCUT2D eigenvalue weighted by molar-refractivity contribution is -0.128. The van der Waals surface area contributed by atoms with Gasteiger partial charge in [0.1, 0.15) is 5.82 Å². The first-order valence-electron chi connectivity index (χ1n) is 8.01. The van der Waals surface area contributed by atoms with Crippen LogP contribution in [0.25, 0.3) is 0 Å². The Kier molecular flexibility index (Phi) is 4.23. The molecule has 0 aliphatic carbocycles. The molecule has 4 rings (SSSR count). The van der Waals surface area contributed by atoms with Crippen LogP contribution in [0.2, 0.25) is 0 Å². The van der Waals surface area contributed by atoms with Crippen molar-refractivity contribution in [2.45, 2.75) is 12.1 Å². The van der Waals surface area contributed by atoms with Gasteiger partial charge in [0.2, 0.25) is 0 Å². The fourth-order valence-corrected chi connectivity index (χ4v) is 3.92. The van der Waals surface area contributed by atoms with Crippen LogP contribution in [-0.2, 0) is 16.9 Å². The van der Waals surface area contributed by atoms with Gasteiger partial charge in [-0.25, -0.2) is 13.5 Å². The van der Waals surface area contributed by atoms with Crippen LogP contribution in [0.5, 0.6) is 0 Å². The number of carbonyl (C=O) groups is 3. The average Bonchev–Trinajstić information content (AvgIpc) is 3.06. The number of benzene rings is 2. The Bertz CT molecular complexity index is 984. The predicted octanol–water partition coefficient (Wildman–Crippen LogP) is 2.84. The van der Waals surface area contributed by atoms with Crippen molar-refractivity contribution in [1.82, 2.24) is 14.5 Å². The molecule has 2 aliphatic rings. The van der Waals surface area contributed by atoms with E-state index in [0.29, 0.717) is 15.4 Å². The topological polar surface area (TPSA) is 69.7 Å². The zero-order valence-electron chi connectivity index (χ0n) is 13.8. The van der Waals surface area contributed by atoms with E-state index in [4.69, 9.17) is 0 Å². The number of amides is 4. The quantitative estimate of drug-likeness (QED) is 0.559. The van der Waals surface area contributed by atoms with Crippen molar-refractivity contribution in [2.75, 3.05) is 6.54 Å². The van der Waals surface area contributed by atoms with Crippen molar-refractivity contribution in [3.8, 4) is 0 Å². The molecule has 1 N–H and O–H groups in total. The number of halogens is 2. The van der Waals surface area contributed by atoms with Gasteiger partial charge in [-0.2, -0.15) is 0 Å². The molecule has 0 bridgehead atoms. The minimum Gasteiger partial charge on any atom is -0.331 e. The van der Waals surface area contributed by atoms with Crippen molar-refractivity contribution < 1.29 is 18.8 Å². The maximum atomic E-state index is 13.5. The summed E-state index contributed by atoms with van der Waals surface area (Å²) in [6, 6.07) is 10.2. The summed E-state index contributed by atoms with van der Waals surface area (Å²) in [5.74, 6) is -1.47. The van der Waals surface area contributed by atoms with Crippen LogP contribution in [0.3, 0.4) is 0 Å². The smallest absolute Gasteiger partial charge is 0.331 e. The third kappa shape index (κ3) is 2.81. The van der Waals surface area contributed by atoms with Gasteiger partial charge < -0.3 is 10.2 Å². The molecule has 2 aromatic rings. The number of urea groups is 1. The maximum Gasteiger partial charge on any atom is 0.335 e. The first-order chi connectivity index (χ1) is 12.8. The number of rotatable bonds is 3. The normalized spacial score (nSPS) is 21.7. The third-order valence-corrected chi connectivity index (χ3v) is 5.68. The largest absolute Gasteiger partial charge is 0.335 e. The standard InChI is InChI=1S/C18H13BrFN3O3S/c19-12-4-2-11(3-5-12)18(16(25)23(27)17(26)21-18)9-22-8-10-1-6-13(20)7-14(10)15(22)24/h1-7,27H,8-9H2,(H,21,26)/t18-/m0/s1. The van der Waals surface area contributed by atoms with Crippen LogP contribution in [0.1, 0.15) is 21.5 Å². The van der Waals surface area contributed by atoms with Gasteiger partial charge >= 0.3 is 6.03 Å². The van der Waals surface area contributed by atoms with Gasteiger partial charge in [-0.1, -0.05) is 46.9 Å². The molecule has 138 valence electrons. The molecule has 1 fully saturated rings. The number of thiol groups is 1. The summed E-state index contributed by atoms with van der Waals surface area (Å²) in [6.45, 7) is 0.133. The fraction of sp³-hybridized carbons (Fsp3) is 0.167. The summed E-state index contributed by atoms with van der Waals surface area (Å²) in [6.07, 6.45) is 0. The summed E-state index contributed by atoms with van der Waals surface area (Å²) in [4.78, 5) is 39.2. The number of nitrogens with zero attached hydrogens (tertiary/aromatic N) is 2. The van der Waals surface area contributed by atoms with Crippen LogP contribution >= 0.6 is 28.7 Å². The van der Waals surface area contributed by atoms with Crippen LogP contribution in [0.15, 0.2) is 46.9 Å². The van der Waals surface area contributed by atoms with Crippen molar-refractivity contribution in [2.24, 2.45) is 0 Å². The van der Waals surface area contributed by atoms with E-state index in [1.165, 1.54) is 17.0 Å². The second kappa shape index (κ2) is 6.35. The number of nitrogens with one attached hydrogen (secondary N) is 1. The van der Waals surface area contributed by atoms with Gasteiger partial charge in [0.15, 0.2) is 5.54 Å². The molecule has 0 spiro atoms. The molecular formula is C18H13BrFN3O3S. The maximum absolute atomic E-state index is 13.5. The Balaban J connectivity index is 1.73.